The van der Waals surface area contributed by atoms with Gasteiger partial charge in [-0.1, -0.05) is 35.3 Å². The van der Waals surface area contributed by atoms with Gasteiger partial charge in [-0.25, -0.2) is 14.6 Å². The molecular formula is C22H14Cl2FN3O4. The van der Waals surface area contributed by atoms with Crippen molar-refractivity contribution in [2.24, 2.45) is 5.10 Å². The van der Waals surface area contributed by atoms with E-state index in [-0.39, 0.29) is 22.0 Å². The van der Waals surface area contributed by atoms with Gasteiger partial charge in [-0.3, -0.25) is 9.59 Å². The minimum atomic E-state index is -1.02. The molecule has 2 amide bonds. The summed E-state index contributed by atoms with van der Waals surface area (Å²) in [4.78, 5) is 35.8. The molecule has 3 aromatic carbocycles. The van der Waals surface area contributed by atoms with Gasteiger partial charge in [0.2, 0.25) is 0 Å². The van der Waals surface area contributed by atoms with Crippen LogP contribution in [0.25, 0.3) is 0 Å². The highest BCUT2D eigenvalue weighted by molar-refractivity contribution is 6.42. The molecule has 10 heteroatoms. The van der Waals surface area contributed by atoms with E-state index in [1.807, 2.05) is 0 Å². The lowest BCUT2D eigenvalue weighted by molar-refractivity contribution is -0.136. The van der Waals surface area contributed by atoms with Crippen molar-refractivity contribution >= 4 is 52.9 Å². The summed E-state index contributed by atoms with van der Waals surface area (Å²) < 4.78 is 18.8. The Balaban J connectivity index is 1.53. The third-order valence-electron chi connectivity index (χ3n) is 3.95. The molecule has 0 unspecified atom stereocenters. The zero-order valence-electron chi connectivity index (χ0n) is 16.1. The molecule has 3 aromatic rings. The molecule has 0 heterocycles. The number of nitrogens with one attached hydrogen (secondary N) is 2. The molecule has 0 saturated heterocycles. The third-order valence-corrected chi connectivity index (χ3v) is 4.51. The summed E-state index contributed by atoms with van der Waals surface area (Å²) in [5.41, 5.74) is 2.61. The number of hydrogen-bond donors (Lipinski definition) is 2. The van der Waals surface area contributed by atoms with E-state index in [2.05, 4.69) is 15.8 Å². The molecule has 32 heavy (non-hydrogen) atoms. The molecule has 0 radical (unpaired) electrons. The number of hydrazone groups is 1. The number of benzene rings is 3. The van der Waals surface area contributed by atoms with Gasteiger partial charge in [0.1, 0.15) is 11.6 Å². The Kier molecular flexibility index (Phi) is 7.54. The van der Waals surface area contributed by atoms with E-state index >= 15 is 0 Å². The molecule has 0 spiro atoms. The second-order valence-corrected chi connectivity index (χ2v) is 7.06. The van der Waals surface area contributed by atoms with Gasteiger partial charge < -0.3 is 10.1 Å². The Morgan fingerprint density at radius 3 is 2.38 bits per heavy atom. The van der Waals surface area contributed by atoms with Gasteiger partial charge >= 0.3 is 17.8 Å². The van der Waals surface area contributed by atoms with E-state index in [9.17, 15) is 18.8 Å². The monoisotopic (exact) mass is 473 g/mol. The van der Waals surface area contributed by atoms with E-state index in [0.29, 0.717) is 10.6 Å². The van der Waals surface area contributed by atoms with Gasteiger partial charge in [-0.2, -0.15) is 5.10 Å². The number of hydrogen-bond acceptors (Lipinski definition) is 5. The summed E-state index contributed by atoms with van der Waals surface area (Å²) in [6, 6.07) is 15.9. The standard InChI is InChI=1S/C22H14Cl2FN3O4/c23-14-7-10-17(24)19(11-14)27-20(29)21(30)28-26-12-13-5-8-15(9-6-13)32-22(31)16-3-1-2-4-18(16)25/h1-12H,(H,27,29)(H,28,30)/b26-12+. The number of carbonyl (C=O) groups excluding carboxylic acids is 3. The highest BCUT2D eigenvalue weighted by Crippen LogP contribution is 2.25. The van der Waals surface area contributed by atoms with Crippen LogP contribution in [0.15, 0.2) is 71.8 Å². The first kappa shape index (κ1) is 22.9. The van der Waals surface area contributed by atoms with Crippen molar-refractivity contribution in [2.75, 3.05) is 5.32 Å². The first-order valence-corrected chi connectivity index (χ1v) is 9.75. The van der Waals surface area contributed by atoms with Crippen molar-refractivity contribution in [3.63, 3.8) is 0 Å². The molecule has 7 nitrogen and oxygen atoms in total. The first-order valence-electron chi connectivity index (χ1n) is 8.99. The summed E-state index contributed by atoms with van der Waals surface area (Å²) in [5, 5.41) is 6.57. The number of halogens is 3. The largest absolute Gasteiger partial charge is 0.423 e. The maximum Gasteiger partial charge on any atom is 0.346 e. The van der Waals surface area contributed by atoms with Crippen molar-refractivity contribution in [3.8, 4) is 5.75 Å². The molecule has 0 aliphatic rings. The molecule has 0 fully saturated rings. The maximum atomic E-state index is 13.6. The fourth-order valence-electron chi connectivity index (χ4n) is 2.40. The topological polar surface area (TPSA) is 96.9 Å². The van der Waals surface area contributed by atoms with Crippen LogP contribution < -0.4 is 15.5 Å². The molecule has 0 atom stereocenters. The molecule has 0 aliphatic carbocycles. The summed E-state index contributed by atoms with van der Waals surface area (Å²) >= 11 is 11.8. The highest BCUT2D eigenvalue weighted by Gasteiger charge is 2.15. The minimum Gasteiger partial charge on any atom is -0.423 e. The molecular weight excluding hydrogens is 460 g/mol. The Morgan fingerprint density at radius 1 is 0.938 bits per heavy atom. The van der Waals surface area contributed by atoms with Crippen molar-refractivity contribution in [1.29, 1.82) is 0 Å². The van der Waals surface area contributed by atoms with Crippen molar-refractivity contribution in [3.05, 3.63) is 93.7 Å². The van der Waals surface area contributed by atoms with Gasteiger partial charge in [0.05, 0.1) is 22.5 Å². The molecule has 162 valence electrons. The van der Waals surface area contributed by atoms with Crippen LogP contribution in [0.2, 0.25) is 10.0 Å². The van der Waals surface area contributed by atoms with E-state index in [1.165, 1.54) is 54.7 Å². The predicted octanol–water partition coefficient (Wildman–Crippen LogP) is 4.44. The lowest BCUT2D eigenvalue weighted by Crippen LogP contribution is -2.32. The van der Waals surface area contributed by atoms with Crippen LogP contribution in [0.3, 0.4) is 0 Å². The van der Waals surface area contributed by atoms with Gasteiger partial charge in [-0.15, -0.1) is 0 Å². The fraction of sp³-hybridized carbons (Fsp3) is 0. The zero-order valence-corrected chi connectivity index (χ0v) is 17.7. The number of amides is 2. The number of rotatable bonds is 5. The normalized spacial score (nSPS) is 10.6. The Hall–Kier alpha value is -3.75. The average molecular weight is 474 g/mol. The van der Waals surface area contributed by atoms with Crippen LogP contribution in [0.5, 0.6) is 5.75 Å². The minimum absolute atomic E-state index is 0.182. The van der Waals surface area contributed by atoms with E-state index in [4.69, 9.17) is 27.9 Å². The molecule has 0 aliphatic heterocycles. The Bertz CT molecular complexity index is 1200. The predicted molar refractivity (Wildman–Crippen MR) is 119 cm³/mol. The SMILES string of the molecule is O=C(N/N=C/c1ccc(OC(=O)c2ccccc2F)cc1)C(=O)Nc1cc(Cl)ccc1Cl. The fourth-order valence-corrected chi connectivity index (χ4v) is 2.74. The third kappa shape index (κ3) is 6.13. The van der Waals surface area contributed by atoms with Gasteiger partial charge in [0.25, 0.3) is 0 Å². The van der Waals surface area contributed by atoms with Gasteiger partial charge in [0, 0.05) is 5.02 Å². The molecule has 0 saturated carbocycles. The van der Waals surface area contributed by atoms with Crippen LogP contribution in [-0.2, 0) is 9.59 Å². The van der Waals surface area contributed by atoms with Crippen LogP contribution >= 0.6 is 23.2 Å². The maximum absolute atomic E-state index is 13.6. The second kappa shape index (κ2) is 10.5. The second-order valence-electron chi connectivity index (χ2n) is 6.22. The van der Waals surface area contributed by atoms with Gasteiger partial charge in [0.15, 0.2) is 0 Å². The first-order chi connectivity index (χ1) is 15.3. The molecule has 0 aromatic heterocycles. The highest BCUT2D eigenvalue weighted by atomic mass is 35.5. The number of carbonyl (C=O) groups is 3. The lowest BCUT2D eigenvalue weighted by atomic mass is 10.2. The number of ether oxygens (including phenoxy) is 1. The van der Waals surface area contributed by atoms with E-state index in [0.717, 1.165) is 6.07 Å². The Labute approximate surface area is 191 Å². The van der Waals surface area contributed by atoms with Crippen LogP contribution in [-0.4, -0.2) is 24.0 Å². The van der Waals surface area contributed by atoms with Crippen molar-refractivity contribution in [1.82, 2.24) is 5.43 Å². The van der Waals surface area contributed by atoms with Crippen molar-refractivity contribution < 1.29 is 23.5 Å². The lowest BCUT2D eigenvalue weighted by Gasteiger charge is -2.06. The van der Waals surface area contributed by atoms with Gasteiger partial charge in [-0.05, 0) is 60.2 Å². The summed E-state index contributed by atoms with van der Waals surface area (Å²) in [5.74, 6) is -3.33. The average Bonchev–Trinajstić information content (AvgIpc) is 2.77. The zero-order chi connectivity index (χ0) is 23.1. The quantitative estimate of drug-likeness (QED) is 0.188. The smallest absolute Gasteiger partial charge is 0.346 e. The van der Waals surface area contributed by atoms with Crippen LogP contribution in [0.4, 0.5) is 10.1 Å². The van der Waals surface area contributed by atoms with E-state index in [1.54, 1.807) is 12.1 Å². The molecule has 3 rings (SSSR count). The summed E-state index contributed by atoms with van der Waals surface area (Å²) in [7, 11) is 0. The summed E-state index contributed by atoms with van der Waals surface area (Å²) in [6.07, 6.45) is 1.28. The summed E-state index contributed by atoms with van der Waals surface area (Å²) in [6.45, 7) is 0. The molecule has 2 N–H and O–H groups in total. The number of esters is 1. The number of anilines is 1. The van der Waals surface area contributed by atoms with Crippen LogP contribution in [0, 0.1) is 5.82 Å². The number of nitrogens with zero attached hydrogens (tertiary/aromatic N) is 1. The Morgan fingerprint density at radius 2 is 1.66 bits per heavy atom. The van der Waals surface area contributed by atoms with Crippen LogP contribution in [0.1, 0.15) is 15.9 Å². The molecule has 0 bridgehead atoms. The van der Waals surface area contributed by atoms with Crippen molar-refractivity contribution in [2.45, 2.75) is 0 Å². The van der Waals surface area contributed by atoms with E-state index < -0.39 is 23.6 Å².